The van der Waals surface area contributed by atoms with Gasteiger partial charge in [-0.3, -0.25) is 0 Å². The van der Waals surface area contributed by atoms with E-state index in [2.05, 4.69) is 0 Å². The Kier molecular flexibility index (Phi) is 1.52. The standard InChI is InChI=1S/C7H11F3O/c8-7(9,10)6(3-4-6)2-1-5-11/h11H,1-5H2/i2D2. The molecule has 1 nitrogen and oxygen atoms in total. The minimum absolute atomic E-state index is 0.163. The van der Waals surface area contributed by atoms with E-state index < -0.39 is 31.0 Å². The lowest BCUT2D eigenvalue weighted by Gasteiger charge is -2.17. The van der Waals surface area contributed by atoms with Gasteiger partial charge in [0.15, 0.2) is 0 Å². The highest BCUT2D eigenvalue weighted by molar-refractivity contribution is 4.98. The van der Waals surface area contributed by atoms with Crippen molar-refractivity contribution in [1.29, 1.82) is 0 Å². The first-order valence-corrected chi connectivity index (χ1v) is 3.44. The number of rotatable bonds is 3. The molecule has 0 radical (unpaired) electrons. The summed E-state index contributed by atoms with van der Waals surface area (Å²) < 4.78 is 51.6. The average molecular weight is 170 g/mol. The molecule has 0 amide bonds. The topological polar surface area (TPSA) is 20.2 Å². The van der Waals surface area contributed by atoms with Crippen molar-refractivity contribution >= 4 is 0 Å². The van der Waals surface area contributed by atoms with E-state index in [-0.39, 0.29) is 12.8 Å². The van der Waals surface area contributed by atoms with Crippen molar-refractivity contribution in [3.8, 4) is 0 Å². The highest BCUT2D eigenvalue weighted by atomic mass is 19.4. The number of alkyl halides is 3. The summed E-state index contributed by atoms with van der Waals surface area (Å²) in [7, 11) is 0. The first kappa shape index (κ1) is 6.29. The first-order chi connectivity index (χ1) is 5.77. The van der Waals surface area contributed by atoms with Gasteiger partial charge in [-0.2, -0.15) is 13.2 Å². The Morgan fingerprint density at radius 1 is 1.45 bits per heavy atom. The molecule has 1 rings (SSSR count). The van der Waals surface area contributed by atoms with Crippen molar-refractivity contribution in [1.82, 2.24) is 0 Å². The molecule has 0 atom stereocenters. The van der Waals surface area contributed by atoms with Crippen molar-refractivity contribution in [2.75, 3.05) is 6.61 Å². The minimum atomic E-state index is -4.49. The van der Waals surface area contributed by atoms with Gasteiger partial charge in [-0.25, -0.2) is 0 Å². The Hall–Kier alpha value is -0.250. The smallest absolute Gasteiger partial charge is 0.394 e. The molecule has 11 heavy (non-hydrogen) atoms. The van der Waals surface area contributed by atoms with Gasteiger partial charge >= 0.3 is 6.18 Å². The normalized spacial score (nSPS) is 25.8. The molecule has 1 N–H and O–H groups in total. The van der Waals surface area contributed by atoms with Gasteiger partial charge in [0, 0.05) is 9.35 Å². The third-order valence-electron chi connectivity index (χ3n) is 1.87. The van der Waals surface area contributed by atoms with Crippen LogP contribution in [-0.2, 0) is 0 Å². The van der Waals surface area contributed by atoms with Crippen LogP contribution in [0.2, 0.25) is 0 Å². The lowest BCUT2D eigenvalue weighted by atomic mass is 10.0. The lowest BCUT2D eigenvalue weighted by molar-refractivity contribution is -0.189. The third kappa shape index (κ3) is 1.67. The molecule has 0 bridgehead atoms. The highest BCUT2D eigenvalue weighted by Crippen LogP contribution is 2.60. The van der Waals surface area contributed by atoms with Crippen molar-refractivity contribution in [3.63, 3.8) is 0 Å². The largest absolute Gasteiger partial charge is 0.396 e. The van der Waals surface area contributed by atoms with Gasteiger partial charge in [-0.1, -0.05) is 0 Å². The number of halogens is 3. The molecule has 1 fully saturated rings. The van der Waals surface area contributed by atoms with Crippen LogP contribution in [0.3, 0.4) is 0 Å². The Labute approximate surface area is 66.0 Å². The highest BCUT2D eigenvalue weighted by Gasteiger charge is 2.62. The number of aliphatic hydroxyl groups excluding tert-OH is 1. The summed E-state index contributed by atoms with van der Waals surface area (Å²) in [4.78, 5) is 0. The van der Waals surface area contributed by atoms with Crippen LogP contribution in [0, 0.1) is 5.41 Å². The molecule has 0 spiro atoms. The van der Waals surface area contributed by atoms with E-state index in [1.165, 1.54) is 0 Å². The lowest BCUT2D eigenvalue weighted by Crippen LogP contribution is -2.24. The summed E-state index contributed by atoms with van der Waals surface area (Å²) in [6, 6.07) is 0. The van der Waals surface area contributed by atoms with Gasteiger partial charge in [-0.05, 0) is 25.6 Å². The van der Waals surface area contributed by atoms with Gasteiger partial charge < -0.3 is 5.11 Å². The van der Waals surface area contributed by atoms with E-state index in [0.717, 1.165) is 0 Å². The molecular weight excluding hydrogens is 157 g/mol. The zero-order valence-corrected chi connectivity index (χ0v) is 5.91. The summed E-state index contributed by atoms with van der Waals surface area (Å²) in [5.74, 6) is 0. The number of aliphatic hydroxyl groups is 1. The monoisotopic (exact) mass is 170 g/mol. The van der Waals surface area contributed by atoms with Gasteiger partial charge in [0.1, 0.15) is 0 Å². The second kappa shape index (κ2) is 2.66. The van der Waals surface area contributed by atoms with Gasteiger partial charge in [0.25, 0.3) is 0 Å². The van der Waals surface area contributed by atoms with Crippen molar-refractivity contribution in [3.05, 3.63) is 0 Å². The van der Waals surface area contributed by atoms with Crippen LogP contribution in [0.25, 0.3) is 0 Å². The summed E-state index contributed by atoms with van der Waals surface area (Å²) in [6.07, 6.45) is -7.61. The number of hydrogen-bond acceptors (Lipinski definition) is 1. The van der Waals surface area contributed by atoms with E-state index in [0.29, 0.717) is 0 Å². The maximum Gasteiger partial charge on any atom is 0.394 e. The average Bonchev–Trinajstić information content (AvgIpc) is 2.61. The van der Waals surface area contributed by atoms with E-state index in [4.69, 9.17) is 7.85 Å². The van der Waals surface area contributed by atoms with E-state index in [1.807, 2.05) is 0 Å². The maximum atomic E-state index is 12.4. The van der Waals surface area contributed by atoms with Crippen molar-refractivity contribution in [2.45, 2.75) is 31.8 Å². The Morgan fingerprint density at radius 3 is 2.27 bits per heavy atom. The van der Waals surface area contributed by atoms with Crippen LogP contribution in [0.1, 0.15) is 28.4 Å². The third-order valence-corrected chi connectivity index (χ3v) is 1.87. The molecule has 66 valence electrons. The molecule has 0 aromatic rings. The molecular formula is C7H11F3O. The van der Waals surface area contributed by atoms with Crippen LogP contribution in [-0.4, -0.2) is 17.9 Å². The zero-order chi connectivity index (χ0) is 10.3. The number of hydrogen-bond donors (Lipinski definition) is 1. The quantitative estimate of drug-likeness (QED) is 0.687. The first-order valence-electron chi connectivity index (χ1n) is 4.44. The van der Waals surface area contributed by atoms with E-state index >= 15 is 0 Å². The molecule has 1 aliphatic carbocycles. The summed E-state index contributed by atoms with van der Waals surface area (Å²) in [5, 5.41) is 8.45. The van der Waals surface area contributed by atoms with Crippen LogP contribution >= 0.6 is 0 Å². The Morgan fingerprint density at radius 2 is 2.00 bits per heavy atom. The van der Waals surface area contributed by atoms with E-state index in [1.54, 1.807) is 0 Å². The Bertz CT molecular complexity index is 198. The minimum Gasteiger partial charge on any atom is -0.396 e. The fourth-order valence-electron chi connectivity index (χ4n) is 0.981. The van der Waals surface area contributed by atoms with Gasteiger partial charge in [-0.15, -0.1) is 0 Å². The maximum absolute atomic E-state index is 12.4. The molecule has 0 saturated heterocycles. The Balaban J connectivity index is 2.81. The summed E-state index contributed by atoms with van der Waals surface area (Å²) in [6.45, 7) is -0.551. The predicted octanol–water partition coefficient (Wildman–Crippen LogP) is 2.10. The summed E-state index contributed by atoms with van der Waals surface area (Å²) in [5.41, 5.74) is -2.19. The second-order valence-corrected chi connectivity index (χ2v) is 2.73. The zero-order valence-electron chi connectivity index (χ0n) is 7.91. The van der Waals surface area contributed by atoms with Gasteiger partial charge in [0.2, 0.25) is 0 Å². The molecule has 0 aromatic carbocycles. The second-order valence-electron chi connectivity index (χ2n) is 2.73. The van der Waals surface area contributed by atoms with Crippen molar-refractivity contribution in [2.24, 2.45) is 5.41 Å². The molecule has 0 heterocycles. The SMILES string of the molecule is [2H]C([2H])(CCO)C1(C(F)(F)F)CC1. The molecule has 0 aliphatic heterocycles. The van der Waals surface area contributed by atoms with Crippen molar-refractivity contribution < 1.29 is 21.0 Å². The fourth-order valence-corrected chi connectivity index (χ4v) is 0.981. The molecule has 0 aromatic heterocycles. The molecule has 4 heteroatoms. The van der Waals surface area contributed by atoms with Crippen LogP contribution < -0.4 is 0 Å². The predicted molar refractivity (Wildman–Crippen MR) is 34.0 cm³/mol. The van der Waals surface area contributed by atoms with Crippen LogP contribution in [0.15, 0.2) is 0 Å². The van der Waals surface area contributed by atoms with Gasteiger partial charge in [0.05, 0.1) is 5.41 Å². The van der Waals surface area contributed by atoms with Crippen LogP contribution in [0.4, 0.5) is 13.2 Å². The fraction of sp³-hybridized carbons (Fsp3) is 1.00. The van der Waals surface area contributed by atoms with E-state index in [9.17, 15) is 13.2 Å². The molecule has 1 aliphatic rings. The molecule has 0 unspecified atom stereocenters. The van der Waals surface area contributed by atoms with Crippen LogP contribution in [0.5, 0.6) is 0 Å². The summed E-state index contributed by atoms with van der Waals surface area (Å²) >= 11 is 0. The molecule has 1 saturated carbocycles.